The number of hydrogen-bond donors (Lipinski definition) is 1. The number of hydrogen-bond acceptors (Lipinski definition) is 5. The molecule has 0 saturated carbocycles. The van der Waals surface area contributed by atoms with Crippen molar-refractivity contribution in [1.29, 1.82) is 0 Å². The lowest BCUT2D eigenvalue weighted by Gasteiger charge is -2.16. The molecule has 122 valence electrons. The van der Waals surface area contributed by atoms with Gasteiger partial charge in [0.05, 0.1) is 10.8 Å². The number of carbonyl (C=O) groups is 2. The number of nitro groups is 1. The summed E-state index contributed by atoms with van der Waals surface area (Å²) in [6.45, 7) is -0.497. The van der Waals surface area contributed by atoms with Crippen molar-refractivity contribution in [3.05, 3.63) is 45.5 Å². The Morgan fingerprint density at radius 3 is 2.83 bits per heavy atom. The lowest BCUT2D eigenvalue weighted by Crippen LogP contribution is -2.25. The summed E-state index contributed by atoms with van der Waals surface area (Å²) in [5.74, 6) is -1.34. The quantitative estimate of drug-likeness (QED) is 0.385. The van der Waals surface area contributed by atoms with Crippen LogP contribution in [0.3, 0.4) is 0 Å². The van der Waals surface area contributed by atoms with Gasteiger partial charge in [-0.05, 0) is 31.4 Å². The minimum Gasteiger partial charge on any atom is -0.455 e. The van der Waals surface area contributed by atoms with Crippen LogP contribution in [-0.2, 0) is 14.3 Å². The van der Waals surface area contributed by atoms with Crippen molar-refractivity contribution in [2.75, 3.05) is 11.9 Å². The van der Waals surface area contributed by atoms with Crippen LogP contribution in [-0.4, -0.2) is 23.4 Å². The van der Waals surface area contributed by atoms with Crippen molar-refractivity contribution in [3.8, 4) is 0 Å². The number of anilines is 1. The summed E-state index contributed by atoms with van der Waals surface area (Å²) in [7, 11) is 0. The average molecular weight is 339 g/mol. The number of allylic oxidation sites excluding steroid dienone is 2. The summed E-state index contributed by atoms with van der Waals surface area (Å²) in [6.07, 6.45) is 6.00. The number of benzene rings is 1. The van der Waals surface area contributed by atoms with Crippen LogP contribution >= 0.6 is 11.6 Å². The van der Waals surface area contributed by atoms with E-state index >= 15 is 0 Å². The molecule has 1 aromatic carbocycles. The zero-order chi connectivity index (χ0) is 16.8. The number of nitro benzene ring substituents is 1. The Morgan fingerprint density at radius 1 is 1.39 bits per heavy atom. The van der Waals surface area contributed by atoms with Crippen LogP contribution in [0.5, 0.6) is 0 Å². The maximum absolute atomic E-state index is 11.8. The molecule has 1 aromatic rings. The van der Waals surface area contributed by atoms with E-state index in [1.54, 1.807) is 0 Å². The first-order valence-corrected chi connectivity index (χ1v) is 7.40. The lowest BCUT2D eigenvalue weighted by molar-refractivity contribution is -0.383. The highest BCUT2D eigenvalue weighted by molar-refractivity contribution is 6.31. The SMILES string of the molecule is O=C(COC(=O)[C@@H]1CC=CCC1)Nc1cc(Cl)ccc1[N+](=O)[O-]. The first kappa shape index (κ1) is 17.0. The zero-order valence-corrected chi connectivity index (χ0v) is 12.9. The van der Waals surface area contributed by atoms with Crippen LogP contribution in [0.1, 0.15) is 19.3 Å². The highest BCUT2D eigenvalue weighted by Gasteiger charge is 2.22. The van der Waals surface area contributed by atoms with Gasteiger partial charge in [0.25, 0.3) is 11.6 Å². The minimum absolute atomic E-state index is 0.0378. The van der Waals surface area contributed by atoms with Crippen LogP contribution in [0.2, 0.25) is 5.02 Å². The molecule has 8 heteroatoms. The fourth-order valence-corrected chi connectivity index (χ4v) is 2.39. The molecule has 0 heterocycles. The average Bonchev–Trinajstić information content (AvgIpc) is 2.53. The summed E-state index contributed by atoms with van der Waals surface area (Å²) in [6, 6.07) is 3.82. The summed E-state index contributed by atoms with van der Waals surface area (Å²) in [5, 5.41) is 13.5. The van der Waals surface area contributed by atoms with E-state index < -0.39 is 23.4 Å². The molecule has 0 radical (unpaired) electrons. The Hall–Kier alpha value is -2.41. The second-order valence-corrected chi connectivity index (χ2v) is 5.49. The summed E-state index contributed by atoms with van der Waals surface area (Å²) in [4.78, 5) is 33.9. The molecule has 0 aromatic heterocycles. The van der Waals surface area contributed by atoms with Gasteiger partial charge in [0.2, 0.25) is 0 Å². The van der Waals surface area contributed by atoms with Gasteiger partial charge in [-0.2, -0.15) is 0 Å². The molecule has 0 unspecified atom stereocenters. The topological polar surface area (TPSA) is 98.5 Å². The van der Waals surface area contributed by atoms with Gasteiger partial charge in [-0.3, -0.25) is 19.7 Å². The largest absolute Gasteiger partial charge is 0.455 e. The molecular formula is C15H15ClN2O5. The van der Waals surface area contributed by atoms with Gasteiger partial charge in [-0.1, -0.05) is 23.8 Å². The first-order chi connectivity index (χ1) is 11.0. The highest BCUT2D eigenvalue weighted by atomic mass is 35.5. The second kappa shape index (κ2) is 7.73. The van der Waals surface area contributed by atoms with E-state index in [1.807, 2.05) is 12.2 Å². The van der Waals surface area contributed by atoms with Gasteiger partial charge >= 0.3 is 5.97 Å². The third-order valence-corrected chi connectivity index (χ3v) is 3.61. The van der Waals surface area contributed by atoms with Crippen molar-refractivity contribution in [2.45, 2.75) is 19.3 Å². The predicted molar refractivity (Wildman–Crippen MR) is 84.2 cm³/mol. The van der Waals surface area contributed by atoms with Crippen LogP contribution in [0.15, 0.2) is 30.4 Å². The molecule has 7 nitrogen and oxygen atoms in total. The Balaban J connectivity index is 1.92. The monoisotopic (exact) mass is 338 g/mol. The van der Waals surface area contributed by atoms with Crippen LogP contribution in [0.4, 0.5) is 11.4 Å². The molecule has 1 aliphatic rings. The number of ether oxygens (including phenoxy) is 1. The van der Waals surface area contributed by atoms with Gasteiger partial charge in [0.1, 0.15) is 5.69 Å². The summed E-state index contributed by atoms with van der Waals surface area (Å²) >= 11 is 5.77. The van der Waals surface area contributed by atoms with Gasteiger partial charge < -0.3 is 10.1 Å². The Kier molecular flexibility index (Phi) is 5.70. The van der Waals surface area contributed by atoms with Gasteiger partial charge in [0, 0.05) is 11.1 Å². The molecule has 0 fully saturated rings. The fourth-order valence-electron chi connectivity index (χ4n) is 2.22. The number of nitrogens with one attached hydrogen (secondary N) is 1. The number of halogens is 1. The number of carbonyl (C=O) groups excluding carboxylic acids is 2. The van der Waals surface area contributed by atoms with Crippen LogP contribution < -0.4 is 5.32 Å². The lowest BCUT2D eigenvalue weighted by atomic mass is 9.95. The normalized spacial score (nSPS) is 16.7. The molecule has 0 aliphatic heterocycles. The van der Waals surface area contributed by atoms with Gasteiger partial charge in [-0.15, -0.1) is 0 Å². The molecule has 1 N–H and O–H groups in total. The first-order valence-electron chi connectivity index (χ1n) is 7.03. The van der Waals surface area contributed by atoms with Crippen molar-refractivity contribution in [1.82, 2.24) is 0 Å². The molecule has 23 heavy (non-hydrogen) atoms. The van der Waals surface area contributed by atoms with Crippen molar-refractivity contribution >= 4 is 34.9 Å². The predicted octanol–water partition coefficient (Wildman–Crippen LogP) is 3.09. The molecule has 0 bridgehead atoms. The van der Waals surface area contributed by atoms with Crippen molar-refractivity contribution in [3.63, 3.8) is 0 Å². The number of rotatable bonds is 5. The third-order valence-electron chi connectivity index (χ3n) is 3.38. The number of amides is 1. The summed E-state index contributed by atoms with van der Waals surface area (Å²) < 4.78 is 4.96. The molecule has 1 atom stereocenters. The maximum Gasteiger partial charge on any atom is 0.309 e. The molecular weight excluding hydrogens is 324 g/mol. The van der Waals surface area contributed by atoms with E-state index in [0.29, 0.717) is 12.8 Å². The van der Waals surface area contributed by atoms with Crippen LogP contribution in [0, 0.1) is 16.0 Å². The standard InChI is InChI=1S/C15H15ClN2O5/c16-11-6-7-13(18(21)22)12(8-11)17-14(19)9-23-15(20)10-4-2-1-3-5-10/h1-2,6-8,10H,3-5,9H2,(H,17,19)/t10-/m1/s1. The van der Waals surface area contributed by atoms with Gasteiger partial charge in [-0.25, -0.2) is 0 Å². The van der Waals surface area contributed by atoms with E-state index in [1.165, 1.54) is 18.2 Å². The third kappa shape index (κ3) is 4.79. The molecule has 1 amide bonds. The van der Waals surface area contributed by atoms with E-state index in [2.05, 4.69) is 5.32 Å². The van der Waals surface area contributed by atoms with Crippen molar-refractivity contribution < 1.29 is 19.2 Å². The van der Waals surface area contributed by atoms with E-state index in [0.717, 1.165) is 6.42 Å². The van der Waals surface area contributed by atoms with Crippen molar-refractivity contribution in [2.24, 2.45) is 5.92 Å². The number of esters is 1. The zero-order valence-electron chi connectivity index (χ0n) is 12.2. The Labute approximate surface area is 137 Å². The molecule has 0 spiro atoms. The maximum atomic E-state index is 11.8. The van der Waals surface area contributed by atoms with Crippen LogP contribution in [0.25, 0.3) is 0 Å². The number of nitrogens with zero attached hydrogens (tertiary/aromatic N) is 1. The van der Waals surface area contributed by atoms with E-state index in [9.17, 15) is 19.7 Å². The molecule has 0 saturated heterocycles. The fraction of sp³-hybridized carbons (Fsp3) is 0.333. The highest BCUT2D eigenvalue weighted by Crippen LogP contribution is 2.27. The summed E-state index contributed by atoms with van der Waals surface area (Å²) in [5.41, 5.74) is -0.323. The van der Waals surface area contributed by atoms with E-state index in [4.69, 9.17) is 16.3 Å². The smallest absolute Gasteiger partial charge is 0.309 e. The van der Waals surface area contributed by atoms with E-state index in [-0.39, 0.29) is 22.3 Å². The Morgan fingerprint density at radius 2 is 2.17 bits per heavy atom. The minimum atomic E-state index is -0.657. The molecule has 2 rings (SSSR count). The second-order valence-electron chi connectivity index (χ2n) is 5.06. The molecule has 1 aliphatic carbocycles. The van der Waals surface area contributed by atoms with Gasteiger partial charge in [0.15, 0.2) is 6.61 Å². The Bertz CT molecular complexity index is 659.